The Labute approximate surface area is 149 Å². The summed E-state index contributed by atoms with van der Waals surface area (Å²) in [6.07, 6.45) is 3.19. The van der Waals surface area contributed by atoms with E-state index in [4.69, 9.17) is 0 Å². The summed E-state index contributed by atoms with van der Waals surface area (Å²) in [5.74, 6) is 0.700. The number of hydrogen-bond acceptors (Lipinski definition) is 4. The number of fused-ring (bicyclic) bond motifs is 3. The van der Waals surface area contributed by atoms with Gasteiger partial charge in [-0.05, 0) is 57.5 Å². The molecule has 0 spiro atoms. The summed E-state index contributed by atoms with van der Waals surface area (Å²) in [5, 5.41) is 7.46. The molecule has 3 aromatic rings. The van der Waals surface area contributed by atoms with E-state index in [-0.39, 0.29) is 30.1 Å². The summed E-state index contributed by atoms with van der Waals surface area (Å²) in [7, 11) is 0. The number of rotatable bonds is 2. The molecule has 1 aliphatic rings. The minimum absolute atomic E-state index is 0.00365. The number of piperidine rings is 1. The molecule has 4 heterocycles. The summed E-state index contributed by atoms with van der Waals surface area (Å²) >= 11 is 1.59. The molecule has 0 aromatic carbocycles. The van der Waals surface area contributed by atoms with Crippen LogP contribution in [0.2, 0.25) is 0 Å². The zero-order chi connectivity index (χ0) is 17.7. The maximum absolute atomic E-state index is 12.8. The van der Waals surface area contributed by atoms with E-state index < -0.39 is 0 Å². The van der Waals surface area contributed by atoms with Crippen LogP contribution < -0.4 is 5.56 Å². The molecular weight excluding hydrogens is 336 g/mol. The fourth-order valence-corrected chi connectivity index (χ4v) is 4.97. The lowest BCUT2D eigenvalue weighted by Gasteiger charge is -2.39. The molecule has 0 bridgehead atoms. The van der Waals surface area contributed by atoms with Crippen LogP contribution in [0.15, 0.2) is 22.3 Å². The smallest absolute Gasteiger partial charge is 0.291 e. The summed E-state index contributed by atoms with van der Waals surface area (Å²) in [6.45, 7) is 6.04. The van der Waals surface area contributed by atoms with Crippen LogP contribution >= 0.6 is 11.3 Å². The third kappa shape index (κ3) is 2.57. The van der Waals surface area contributed by atoms with Gasteiger partial charge in [0.15, 0.2) is 0 Å². The van der Waals surface area contributed by atoms with E-state index >= 15 is 0 Å². The van der Waals surface area contributed by atoms with Crippen molar-refractivity contribution in [1.82, 2.24) is 19.1 Å². The van der Waals surface area contributed by atoms with Gasteiger partial charge in [0, 0.05) is 17.5 Å². The van der Waals surface area contributed by atoms with Gasteiger partial charge in [-0.1, -0.05) is 0 Å². The highest BCUT2D eigenvalue weighted by Crippen LogP contribution is 2.25. The van der Waals surface area contributed by atoms with Crippen molar-refractivity contribution in [1.29, 1.82) is 0 Å². The maximum Gasteiger partial charge on any atom is 0.291 e. The number of nitrogens with zero attached hydrogens (tertiary/aromatic N) is 4. The van der Waals surface area contributed by atoms with E-state index in [9.17, 15) is 9.59 Å². The van der Waals surface area contributed by atoms with E-state index in [1.807, 2.05) is 33.7 Å². The van der Waals surface area contributed by atoms with E-state index in [1.54, 1.807) is 11.3 Å². The number of aromatic nitrogens is 3. The predicted octanol–water partition coefficient (Wildman–Crippen LogP) is 2.81. The summed E-state index contributed by atoms with van der Waals surface area (Å²) in [5.41, 5.74) is 0.376. The van der Waals surface area contributed by atoms with Crippen molar-refractivity contribution in [3.8, 4) is 0 Å². The lowest BCUT2D eigenvalue weighted by Crippen LogP contribution is -2.49. The molecule has 0 N–H and O–H groups in total. The predicted molar refractivity (Wildman–Crippen MR) is 99.2 cm³/mol. The second-order valence-corrected chi connectivity index (χ2v) is 7.88. The largest absolute Gasteiger partial charge is 0.336 e. The third-order valence-electron chi connectivity index (χ3n) is 5.22. The van der Waals surface area contributed by atoms with Gasteiger partial charge in [-0.3, -0.25) is 14.0 Å². The molecule has 0 radical (unpaired) electrons. The SMILES string of the molecule is Cc1nn(CC(=O)N2[C@@H](C)CCC[C@@H]2C)c(=O)c2cc3ccsc3n12. The van der Waals surface area contributed by atoms with Gasteiger partial charge in [0.25, 0.3) is 5.56 Å². The third-order valence-corrected chi connectivity index (χ3v) is 6.13. The quantitative estimate of drug-likeness (QED) is 0.708. The average molecular weight is 358 g/mol. The molecule has 1 amide bonds. The van der Waals surface area contributed by atoms with E-state index in [0.29, 0.717) is 5.52 Å². The van der Waals surface area contributed by atoms with Crippen molar-refractivity contribution in [3.05, 3.63) is 33.7 Å². The molecule has 0 aliphatic carbocycles. The second-order valence-electron chi connectivity index (χ2n) is 6.99. The molecule has 4 rings (SSSR count). The summed E-state index contributed by atoms with van der Waals surface area (Å²) < 4.78 is 3.21. The molecule has 25 heavy (non-hydrogen) atoms. The minimum Gasteiger partial charge on any atom is -0.336 e. The molecule has 3 aromatic heterocycles. The lowest BCUT2D eigenvalue weighted by atomic mass is 9.97. The number of hydrogen-bond donors (Lipinski definition) is 0. The van der Waals surface area contributed by atoms with Gasteiger partial charge < -0.3 is 4.90 Å². The molecule has 1 aliphatic heterocycles. The van der Waals surface area contributed by atoms with Gasteiger partial charge in [0.05, 0.1) is 0 Å². The van der Waals surface area contributed by atoms with Crippen LogP contribution in [0.25, 0.3) is 15.7 Å². The number of carbonyl (C=O) groups is 1. The zero-order valence-corrected chi connectivity index (χ0v) is 15.5. The number of aryl methyl sites for hydroxylation is 1. The zero-order valence-electron chi connectivity index (χ0n) is 14.7. The van der Waals surface area contributed by atoms with E-state index in [0.717, 1.165) is 35.3 Å². The molecule has 132 valence electrons. The number of likely N-dealkylation sites (tertiary alicyclic amines) is 1. The molecule has 0 saturated carbocycles. The van der Waals surface area contributed by atoms with Crippen LogP contribution in [0.5, 0.6) is 0 Å². The number of amides is 1. The van der Waals surface area contributed by atoms with Crippen molar-refractivity contribution in [2.75, 3.05) is 0 Å². The first-order valence-electron chi connectivity index (χ1n) is 8.75. The Bertz CT molecular complexity index is 1010. The fraction of sp³-hybridized carbons (Fsp3) is 0.500. The van der Waals surface area contributed by atoms with Gasteiger partial charge in [0.2, 0.25) is 5.91 Å². The van der Waals surface area contributed by atoms with Crippen LogP contribution in [0.1, 0.15) is 38.9 Å². The maximum atomic E-state index is 12.8. The van der Waals surface area contributed by atoms with Gasteiger partial charge in [0.1, 0.15) is 22.7 Å². The molecular formula is C18H22N4O2S. The summed E-state index contributed by atoms with van der Waals surface area (Å²) in [4.78, 5) is 28.6. The first-order chi connectivity index (χ1) is 12.0. The highest BCUT2D eigenvalue weighted by molar-refractivity contribution is 7.16. The number of thiophene rings is 1. The molecule has 1 saturated heterocycles. The van der Waals surface area contributed by atoms with Gasteiger partial charge in [-0.2, -0.15) is 5.10 Å². The molecule has 7 heteroatoms. The van der Waals surface area contributed by atoms with Crippen molar-refractivity contribution < 1.29 is 4.79 Å². The van der Waals surface area contributed by atoms with E-state index in [2.05, 4.69) is 18.9 Å². The minimum atomic E-state index is -0.209. The highest BCUT2D eigenvalue weighted by atomic mass is 32.1. The van der Waals surface area contributed by atoms with E-state index in [1.165, 1.54) is 4.68 Å². The van der Waals surface area contributed by atoms with Gasteiger partial charge >= 0.3 is 0 Å². The standard InChI is InChI=1S/C18H22N4O2S/c1-11-5-4-6-12(2)21(11)16(23)10-20-17(24)15-9-14-7-8-25-18(14)22(15)13(3)19-20/h7-9,11-12H,4-6,10H2,1-3H3/t11-,12-/m0/s1. The first-order valence-corrected chi connectivity index (χ1v) is 9.63. The Kier molecular flexibility index (Phi) is 3.91. The second kappa shape index (κ2) is 5.98. The average Bonchev–Trinajstić information content (AvgIpc) is 3.12. The Morgan fingerprint density at radius 3 is 2.76 bits per heavy atom. The molecule has 1 fully saturated rings. The first kappa shape index (κ1) is 16.3. The molecule has 6 nitrogen and oxygen atoms in total. The monoisotopic (exact) mass is 358 g/mol. The Balaban J connectivity index is 1.73. The summed E-state index contributed by atoms with van der Waals surface area (Å²) in [6, 6.07) is 4.32. The Morgan fingerprint density at radius 2 is 2.04 bits per heavy atom. The Morgan fingerprint density at radius 1 is 1.32 bits per heavy atom. The van der Waals surface area contributed by atoms with Crippen LogP contribution in [0.4, 0.5) is 0 Å². The van der Waals surface area contributed by atoms with Crippen molar-refractivity contribution in [2.24, 2.45) is 0 Å². The van der Waals surface area contributed by atoms with Crippen LogP contribution in [-0.4, -0.2) is 37.1 Å². The molecule has 0 unspecified atom stereocenters. The fourth-order valence-electron chi connectivity index (χ4n) is 4.03. The number of carbonyl (C=O) groups excluding carboxylic acids is 1. The van der Waals surface area contributed by atoms with Crippen LogP contribution in [-0.2, 0) is 11.3 Å². The van der Waals surface area contributed by atoms with Gasteiger partial charge in [-0.25, -0.2) is 4.68 Å². The van der Waals surface area contributed by atoms with Crippen molar-refractivity contribution >= 4 is 33.0 Å². The normalized spacial score (nSPS) is 21.3. The van der Waals surface area contributed by atoms with Crippen molar-refractivity contribution in [3.63, 3.8) is 0 Å². The van der Waals surface area contributed by atoms with Gasteiger partial charge in [-0.15, -0.1) is 11.3 Å². The van der Waals surface area contributed by atoms with Crippen LogP contribution in [0, 0.1) is 6.92 Å². The van der Waals surface area contributed by atoms with Crippen molar-refractivity contribution in [2.45, 2.75) is 58.7 Å². The Hall–Kier alpha value is -2.15. The van der Waals surface area contributed by atoms with Crippen LogP contribution in [0.3, 0.4) is 0 Å². The topological polar surface area (TPSA) is 59.6 Å². The molecule has 2 atom stereocenters. The highest BCUT2D eigenvalue weighted by Gasteiger charge is 2.29. The lowest BCUT2D eigenvalue weighted by molar-refractivity contribution is -0.138.